The SMILES string of the molecule is CCn1c(CS(=O)(=O)c2ccccc2)nnc1SCC(=O)Nc1nc(C)c(C(=O)OCC(C)C)s1. The summed E-state index contributed by atoms with van der Waals surface area (Å²) in [5, 5.41) is 11.5. The number of thioether (sulfide) groups is 1. The van der Waals surface area contributed by atoms with Gasteiger partial charge in [0.2, 0.25) is 5.91 Å². The number of nitrogens with one attached hydrogen (secondary N) is 1. The molecule has 188 valence electrons. The third-order valence-corrected chi connectivity index (χ3v) is 8.29. The van der Waals surface area contributed by atoms with Crippen molar-refractivity contribution in [1.82, 2.24) is 19.7 Å². The number of aryl methyl sites for hydroxylation is 1. The van der Waals surface area contributed by atoms with Crippen molar-refractivity contribution in [1.29, 1.82) is 0 Å². The minimum absolute atomic E-state index is 0.00925. The van der Waals surface area contributed by atoms with Crippen LogP contribution in [0.1, 0.15) is 42.0 Å². The Morgan fingerprint density at radius 2 is 1.91 bits per heavy atom. The third kappa shape index (κ3) is 7.12. The van der Waals surface area contributed by atoms with Gasteiger partial charge in [0.1, 0.15) is 16.5 Å². The molecule has 0 saturated carbocycles. The Labute approximate surface area is 212 Å². The highest BCUT2D eigenvalue weighted by Gasteiger charge is 2.22. The van der Waals surface area contributed by atoms with Gasteiger partial charge in [-0.3, -0.25) is 4.79 Å². The van der Waals surface area contributed by atoms with Gasteiger partial charge >= 0.3 is 5.97 Å². The molecular weight excluding hydrogens is 510 g/mol. The van der Waals surface area contributed by atoms with Crippen molar-refractivity contribution in [3.05, 3.63) is 46.7 Å². The van der Waals surface area contributed by atoms with E-state index in [4.69, 9.17) is 4.74 Å². The van der Waals surface area contributed by atoms with E-state index in [1.807, 2.05) is 20.8 Å². The van der Waals surface area contributed by atoms with E-state index < -0.39 is 15.8 Å². The Morgan fingerprint density at radius 3 is 2.57 bits per heavy atom. The van der Waals surface area contributed by atoms with Gasteiger partial charge in [0.05, 0.1) is 22.9 Å². The summed E-state index contributed by atoms with van der Waals surface area (Å²) >= 11 is 2.20. The lowest BCUT2D eigenvalue weighted by Crippen LogP contribution is -2.15. The summed E-state index contributed by atoms with van der Waals surface area (Å²) in [5.41, 5.74) is 0.488. The summed E-state index contributed by atoms with van der Waals surface area (Å²) in [6, 6.07) is 8.16. The molecule has 0 unspecified atom stereocenters. The lowest BCUT2D eigenvalue weighted by Gasteiger charge is -2.08. The third-order valence-electron chi connectivity index (χ3n) is 4.64. The van der Waals surface area contributed by atoms with Crippen molar-refractivity contribution in [3.8, 4) is 0 Å². The number of hydrogen-bond acceptors (Lipinski definition) is 10. The van der Waals surface area contributed by atoms with E-state index in [0.717, 1.165) is 23.1 Å². The van der Waals surface area contributed by atoms with Crippen LogP contribution in [0, 0.1) is 12.8 Å². The Hall–Kier alpha value is -2.77. The highest BCUT2D eigenvalue weighted by molar-refractivity contribution is 7.99. The second-order valence-electron chi connectivity index (χ2n) is 7.98. The number of carbonyl (C=O) groups excluding carboxylic acids is 2. The number of hydrogen-bond donors (Lipinski definition) is 1. The van der Waals surface area contributed by atoms with Crippen molar-refractivity contribution in [2.75, 3.05) is 17.7 Å². The van der Waals surface area contributed by atoms with E-state index in [9.17, 15) is 18.0 Å². The minimum Gasteiger partial charge on any atom is -0.461 e. The molecule has 0 aliphatic rings. The normalized spacial score (nSPS) is 11.6. The number of benzene rings is 1. The van der Waals surface area contributed by atoms with Gasteiger partial charge in [-0.1, -0.05) is 55.1 Å². The van der Waals surface area contributed by atoms with Crippen LogP contribution in [-0.2, 0) is 31.7 Å². The number of amides is 1. The zero-order chi connectivity index (χ0) is 25.6. The number of ether oxygens (including phenoxy) is 1. The quantitative estimate of drug-likeness (QED) is 0.288. The number of thiazole rings is 1. The van der Waals surface area contributed by atoms with Crippen LogP contribution in [0.3, 0.4) is 0 Å². The molecule has 2 aromatic heterocycles. The molecule has 0 spiro atoms. The number of rotatable bonds is 11. The van der Waals surface area contributed by atoms with E-state index in [0.29, 0.717) is 39.8 Å². The summed E-state index contributed by atoms with van der Waals surface area (Å²) in [6.45, 7) is 8.18. The van der Waals surface area contributed by atoms with Gasteiger partial charge in [-0.2, -0.15) is 0 Å². The molecule has 1 N–H and O–H groups in total. The standard InChI is InChI=1S/C22H27N5O5S3/c1-5-27-17(13-35(30,31)16-9-7-6-8-10-16)25-26-22(27)33-12-18(28)24-21-23-15(4)19(34-21)20(29)32-11-14(2)3/h6-10,14H,5,11-13H2,1-4H3,(H,23,24,28). The van der Waals surface area contributed by atoms with Crippen molar-refractivity contribution >= 4 is 49.9 Å². The average Bonchev–Trinajstić information content (AvgIpc) is 3.38. The minimum atomic E-state index is -3.58. The molecule has 3 rings (SSSR count). The van der Waals surface area contributed by atoms with Gasteiger partial charge < -0.3 is 14.6 Å². The number of anilines is 1. The summed E-state index contributed by atoms with van der Waals surface area (Å²) < 4.78 is 32.3. The van der Waals surface area contributed by atoms with E-state index in [-0.39, 0.29) is 28.2 Å². The fraction of sp³-hybridized carbons (Fsp3) is 0.409. The van der Waals surface area contributed by atoms with Crippen LogP contribution in [-0.4, -0.2) is 52.4 Å². The van der Waals surface area contributed by atoms with E-state index >= 15 is 0 Å². The molecule has 0 bridgehead atoms. The first-order chi connectivity index (χ1) is 16.6. The lowest BCUT2D eigenvalue weighted by atomic mass is 10.2. The van der Waals surface area contributed by atoms with Crippen LogP contribution in [0.25, 0.3) is 0 Å². The fourth-order valence-corrected chi connectivity index (χ4v) is 5.95. The van der Waals surface area contributed by atoms with Crippen molar-refractivity contribution in [3.63, 3.8) is 0 Å². The van der Waals surface area contributed by atoms with Crippen LogP contribution in [0.2, 0.25) is 0 Å². The van der Waals surface area contributed by atoms with Crippen LogP contribution in [0.5, 0.6) is 0 Å². The van der Waals surface area contributed by atoms with Crippen LogP contribution >= 0.6 is 23.1 Å². The second kappa shape index (κ2) is 11.8. The Morgan fingerprint density at radius 1 is 1.20 bits per heavy atom. The monoisotopic (exact) mass is 537 g/mol. The largest absolute Gasteiger partial charge is 0.461 e. The zero-order valence-corrected chi connectivity index (χ0v) is 22.3. The molecule has 1 amide bonds. The van der Waals surface area contributed by atoms with Gasteiger partial charge in [0.25, 0.3) is 0 Å². The zero-order valence-electron chi connectivity index (χ0n) is 19.8. The fourth-order valence-electron chi connectivity index (χ4n) is 2.96. The number of nitrogens with zero attached hydrogens (tertiary/aromatic N) is 4. The van der Waals surface area contributed by atoms with Gasteiger partial charge in [-0.15, -0.1) is 10.2 Å². The van der Waals surface area contributed by atoms with Gasteiger partial charge in [0.15, 0.2) is 20.1 Å². The smallest absolute Gasteiger partial charge is 0.350 e. The van der Waals surface area contributed by atoms with Crippen molar-refractivity contribution in [2.24, 2.45) is 5.92 Å². The molecule has 35 heavy (non-hydrogen) atoms. The maximum atomic E-state index is 12.7. The summed E-state index contributed by atoms with van der Waals surface area (Å²) in [5.74, 6) is -0.562. The average molecular weight is 538 g/mol. The summed E-state index contributed by atoms with van der Waals surface area (Å²) in [7, 11) is -3.58. The molecule has 0 radical (unpaired) electrons. The number of aromatic nitrogens is 4. The summed E-state index contributed by atoms with van der Waals surface area (Å²) in [6.07, 6.45) is 0. The first-order valence-electron chi connectivity index (χ1n) is 10.9. The molecule has 0 atom stereocenters. The Balaban J connectivity index is 1.61. The molecular formula is C22H27N5O5S3. The highest BCUT2D eigenvalue weighted by atomic mass is 32.2. The van der Waals surface area contributed by atoms with E-state index in [1.54, 1.807) is 29.7 Å². The highest BCUT2D eigenvalue weighted by Crippen LogP contribution is 2.25. The number of carbonyl (C=O) groups is 2. The molecule has 13 heteroatoms. The van der Waals surface area contributed by atoms with Crippen LogP contribution in [0.15, 0.2) is 40.4 Å². The summed E-state index contributed by atoms with van der Waals surface area (Å²) in [4.78, 5) is 29.5. The Bertz CT molecular complexity index is 1290. The second-order valence-corrected chi connectivity index (χ2v) is 11.9. The topological polar surface area (TPSA) is 133 Å². The lowest BCUT2D eigenvalue weighted by molar-refractivity contribution is -0.113. The predicted molar refractivity (Wildman–Crippen MR) is 134 cm³/mol. The van der Waals surface area contributed by atoms with E-state index in [2.05, 4.69) is 20.5 Å². The van der Waals surface area contributed by atoms with E-state index in [1.165, 1.54) is 12.1 Å². The van der Waals surface area contributed by atoms with Gasteiger partial charge in [-0.05, 0) is 31.9 Å². The molecule has 0 saturated heterocycles. The molecule has 0 aliphatic carbocycles. The first-order valence-corrected chi connectivity index (χ1v) is 14.3. The molecule has 2 heterocycles. The first kappa shape index (κ1) is 26.8. The van der Waals surface area contributed by atoms with Crippen molar-refractivity contribution in [2.45, 2.75) is 50.0 Å². The van der Waals surface area contributed by atoms with Crippen LogP contribution < -0.4 is 5.32 Å². The Kier molecular flexibility index (Phi) is 9.03. The maximum Gasteiger partial charge on any atom is 0.350 e. The number of esters is 1. The van der Waals surface area contributed by atoms with Gasteiger partial charge in [0, 0.05) is 6.54 Å². The molecule has 10 nitrogen and oxygen atoms in total. The molecule has 0 fully saturated rings. The molecule has 0 aliphatic heterocycles. The molecule has 3 aromatic rings. The predicted octanol–water partition coefficient (Wildman–Crippen LogP) is 3.58. The van der Waals surface area contributed by atoms with Gasteiger partial charge in [-0.25, -0.2) is 18.2 Å². The number of sulfone groups is 1. The maximum absolute atomic E-state index is 12.7. The van der Waals surface area contributed by atoms with Crippen molar-refractivity contribution < 1.29 is 22.7 Å². The van der Waals surface area contributed by atoms with Crippen LogP contribution in [0.4, 0.5) is 5.13 Å². The molecule has 1 aromatic carbocycles.